The molecule has 1 heteroatoms. The maximum atomic E-state index is 2.30. The van der Waals surface area contributed by atoms with Gasteiger partial charge in [-0.15, -0.1) is 0 Å². The summed E-state index contributed by atoms with van der Waals surface area (Å²) in [5, 5.41) is 3.56. The van der Waals surface area contributed by atoms with Gasteiger partial charge in [0.05, 0.1) is 0 Å². The molecule has 0 N–H and O–H groups in total. The third-order valence-corrected chi connectivity index (χ3v) is 4.81. The Hall–Kier alpha value is -0.0900. The van der Waals surface area contributed by atoms with Crippen LogP contribution in [0.2, 0.25) is 0 Å². The predicted octanol–water partition coefficient (Wildman–Crippen LogP) is 5.94. The lowest BCUT2D eigenvalue weighted by Gasteiger charge is -2.24. The molecule has 0 unspecified atom stereocenters. The largest absolute Gasteiger partial charge is 0.0688 e. The van der Waals surface area contributed by atoms with E-state index in [1.807, 2.05) is 0 Å². The molecule has 0 aromatic heterocycles. The number of unbranched alkanes of at least 4 members (excludes halogenated alkanes) is 3. The molecule has 16 heavy (non-hydrogen) atoms. The Morgan fingerprint density at radius 3 is 1.94 bits per heavy atom. The molecule has 1 rings (SSSR count). The summed E-state index contributed by atoms with van der Waals surface area (Å²) in [6.07, 6.45) is 12.3. The fraction of sp³-hybridized carbons (Fsp3) is 0.800. The van der Waals surface area contributed by atoms with Crippen molar-refractivity contribution in [2.45, 2.75) is 78.6 Å². The van der Waals surface area contributed by atoms with Crippen LogP contribution in [-0.4, -0.2) is 5.29 Å². The number of allylic oxidation sites excluding steroid dienone is 2. The van der Waals surface area contributed by atoms with Gasteiger partial charge in [0.25, 0.3) is 0 Å². The summed E-state index contributed by atoms with van der Waals surface area (Å²) in [5.41, 5.74) is 1.78. The Morgan fingerprint density at radius 1 is 0.750 bits per heavy atom. The van der Waals surface area contributed by atoms with Crippen molar-refractivity contribution in [1.29, 1.82) is 0 Å². The monoisotopic (exact) mass is 238 g/mol. The molecule has 0 aromatic carbocycles. The molecule has 0 aromatic rings. The number of rotatable bonds is 9. The number of hydrogen-bond donors (Lipinski definition) is 0. The summed E-state index contributed by atoms with van der Waals surface area (Å²) >= 11 is 0. The topological polar surface area (TPSA) is 0 Å². The maximum absolute atomic E-state index is 2.30. The highest BCUT2D eigenvalue weighted by Gasteiger charge is 2.18. The summed E-state index contributed by atoms with van der Waals surface area (Å²) in [5.74, 6) is 0. The molecule has 0 atom stereocenters. The van der Waals surface area contributed by atoms with E-state index < -0.39 is 0 Å². The molecular formula is C15H27P. The highest BCUT2D eigenvalue weighted by molar-refractivity contribution is 7.49. The molecule has 1 aliphatic heterocycles. The Morgan fingerprint density at radius 2 is 1.31 bits per heavy atom. The van der Waals surface area contributed by atoms with Crippen molar-refractivity contribution in [2.75, 3.05) is 0 Å². The molecular weight excluding hydrogens is 211 g/mol. The first-order valence-corrected chi connectivity index (χ1v) is 8.02. The maximum Gasteiger partial charge on any atom is -0.0165 e. The average Bonchev–Trinajstić information content (AvgIpc) is 2.28. The summed E-state index contributed by atoms with van der Waals surface area (Å²) in [6.45, 7) is 6.89. The van der Waals surface area contributed by atoms with Crippen LogP contribution in [0, 0.1) is 0 Å². The van der Waals surface area contributed by atoms with Crippen molar-refractivity contribution in [3.63, 3.8) is 0 Å². The van der Waals surface area contributed by atoms with E-state index in [4.69, 9.17) is 0 Å². The van der Waals surface area contributed by atoms with E-state index in [1.165, 1.54) is 57.8 Å². The molecule has 1 heterocycles. The second-order valence-electron chi connectivity index (χ2n) is 4.79. The second-order valence-corrected chi connectivity index (χ2v) is 6.10. The lowest BCUT2D eigenvalue weighted by atomic mass is 9.99. The normalized spacial score (nSPS) is 16.1. The van der Waals surface area contributed by atoms with Gasteiger partial charge < -0.3 is 0 Å². The van der Waals surface area contributed by atoms with E-state index in [2.05, 4.69) is 20.8 Å². The lowest BCUT2D eigenvalue weighted by Crippen LogP contribution is -2.10. The zero-order valence-electron chi connectivity index (χ0n) is 11.3. The van der Waals surface area contributed by atoms with Crippen molar-refractivity contribution < 1.29 is 0 Å². The summed E-state index contributed by atoms with van der Waals surface area (Å²) in [6, 6.07) is 0. The van der Waals surface area contributed by atoms with Crippen molar-refractivity contribution >= 4 is 13.5 Å². The van der Waals surface area contributed by atoms with Gasteiger partial charge in [0.2, 0.25) is 0 Å². The van der Waals surface area contributed by atoms with E-state index in [0.717, 1.165) is 0 Å². The number of hydrogen-bond acceptors (Lipinski definition) is 0. The standard InChI is InChI=1S/C15H27P/c1-4-7-10-13-14(11-8-5-2)16-15(13)12-9-6-3/h4-12H2,1-3H3. The molecule has 92 valence electrons. The van der Waals surface area contributed by atoms with Crippen LogP contribution in [-0.2, 0) is 0 Å². The highest BCUT2D eigenvalue weighted by Crippen LogP contribution is 2.41. The molecule has 0 fully saturated rings. The second kappa shape index (κ2) is 8.07. The predicted molar refractivity (Wildman–Crippen MR) is 77.5 cm³/mol. The fourth-order valence-corrected chi connectivity index (χ4v) is 3.62. The smallest absolute Gasteiger partial charge is 0.0165 e. The minimum atomic E-state index is 1.34. The first kappa shape index (κ1) is 14.0. The van der Waals surface area contributed by atoms with Gasteiger partial charge in [0, 0.05) is 0 Å². The van der Waals surface area contributed by atoms with E-state index in [1.54, 1.807) is 24.4 Å². The van der Waals surface area contributed by atoms with Gasteiger partial charge in [-0.05, 0) is 54.7 Å². The molecule has 0 saturated heterocycles. The molecule has 0 bridgehead atoms. The minimum Gasteiger partial charge on any atom is -0.0688 e. The average molecular weight is 238 g/mol. The van der Waals surface area contributed by atoms with Crippen molar-refractivity contribution in [1.82, 2.24) is 0 Å². The third kappa shape index (κ3) is 4.06. The molecule has 0 aliphatic carbocycles. The first-order chi connectivity index (χ1) is 7.83. The Kier molecular flexibility index (Phi) is 7.05. The molecule has 1 aliphatic rings. The minimum absolute atomic E-state index is 1.34. The quantitative estimate of drug-likeness (QED) is 0.436. The van der Waals surface area contributed by atoms with Gasteiger partial charge in [-0.2, -0.15) is 0 Å². The SMILES string of the molecule is CCCCC1=PC(CCCC)=C1CCCC. The van der Waals surface area contributed by atoms with Gasteiger partial charge in [-0.1, -0.05) is 48.2 Å². The highest BCUT2D eigenvalue weighted by atomic mass is 31.1. The van der Waals surface area contributed by atoms with Crippen molar-refractivity contribution in [2.24, 2.45) is 0 Å². The van der Waals surface area contributed by atoms with Crippen molar-refractivity contribution in [3.05, 3.63) is 10.9 Å². The van der Waals surface area contributed by atoms with Crippen LogP contribution in [0.25, 0.3) is 0 Å². The Labute approximate surface area is 103 Å². The van der Waals surface area contributed by atoms with E-state index in [-0.39, 0.29) is 0 Å². The van der Waals surface area contributed by atoms with Gasteiger partial charge in [0.1, 0.15) is 0 Å². The van der Waals surface area contributed by atoms with Crippen LogP contribution < -0.4 is 0 Å². The van der Waals surface area contributed by atoms with E-state index >= 15 is 0 Å². The zero-order valence-corrected chi connectivity index (χ0v) is 12.2. The third-order valence-electron chi connectivity index (χ3n) is 3.28. The molecule has 0 nitrogen and oxygen atoms in total. The van der Waals surface area contributed by atoms with Crippen LogP contribution in [0.3, 0.4) is 0 Å². The van der Waals surface area contributed by atoms with Gasteiger partial charge in [-0.3, -0.25) is 0 Å². The zero-order chi connectivity index (χ0) is 11.8. The first-order valence-electron chi connectivity index (χ1n) is 7.13. The van der Waals surface area contributed by atoms with Crippen LogP contribution in [0.15, 0.2) is 10.9 Å². The van der Waals surface area contributed by atoms with Crippen molar-refractivity contribution in [3.8, 4) is 0 Å². The van der Waals surface area contributed by atoms with Crippen LogP contribution >= 0.6 is 8.20 Å². The Balaban J connectivity index is 2.43. The Bertz CT molecular complexity index is 261. The molecule has 0 spiro atoms. The van der Waals surface area contributed by atoms with Crippen LogP contribution in [0.1, 0.15) is 78.6 Å². The summed E-state index contributed by atoms with van der Waals surface area (Å²) in [7, 11) is 1.61. The van der Waals surface area contributed by atoms with Gasteiger partial charge in [0.15, 0.2) is 0 Å². The molecule has 0 saturated carbocycles. The van der Waals surface area contributed by atoms with Crippen LogP contribution in [0.4, 0.5) is 0 Å². The fourth-order valence-electron chi connectivity index (χ4n) is 2.16. The molecule has 0 radical (unpaired) electrons. The van der Waals surface area contributed by atoms with E-state index in [0.29, 0.717) is 0 Å². The van der Waals surface area contributed by atoms with Crippen LogP contribution in [0.5, 0.6) is 0 Å². The van der Waals surface area contributed by atoms with Gasteiger partial charge in [-0.25, -0.2) is 0 Å². The van der Waals surface area contributed by atoms with E-state index in [9.17, 15) is 0 Å². The van der Waals surface area contributed by atoms with Gasteiger partial charge >= 0.3 is 0 Å². The summed E-state index contributed by atoms with van der Waals surface area (Å²) < 4.78 is 0. The molecule has 0 amide bonds. The lowest BCUT2D eigenvalue weighted by molar-refractivity contribution is 0.768. The summed E-state index contributed by atoms with van der Waals surface area (Å²) in [4.78, 5) is 0.